The average molecular weight is 458 g/mol. The number of amides is 1. The Balaban J connectivity index is 1.46. The van der Waals surface area contributed by atoms with Crippen molar-refractivity contribution < 1.29 is 9.59 Å². The normalized spacial score (nSPS) is 12.0. The van der Waals surface area contributed by atoms with Crippen LogP contribution < -0.4 is 5.32 Å². The number of aromatic nitrogens is 4. The van der Waals surface area contributed by atoms with Crippen molar-refractivity contribution in [3.63, 3.8) is 0 Å². The maximum absolute atomic E-state index is 12.7. The van der Waals surface area contributed by atoms with Gasteiger partial charge >= 0.3 is 0 Å². The predicted octanol–water partition coefficient (Wildman–Crippen LogP) is 5.21. The quantitative estimate of drug-likeness (QED) is 0.286. The van der Waals surface area contributed by atoms with Gasteiger partial charge in [-0.05, 0) is 29.7 Å². The first kappa shape index (κ1) is 23.4. The summed E-state index contributed by atoms with van der Waals surface area (Å²) in [5, 5.41) is 5.49. The van der Waals surface area contributed by atoms with Gasteiger partial charge in [0.25, 0.3) is 0 Å². The zero-order chi connectivity index (χ0) is 23.8. The van der Waals surface area contributed by atoms with Gasteiger partial charge in [-0.1, -0.05) is 56.2 Å². The Hall–Kier alpha value is -3.74. The van der Waals surface area contributed by atoms with E-state index in [-0.39, 0.29) is 18.5 Å². The highest BCUT2D eigenvalue weighted by Gasteiger charge is 2.18. The summed E-state index contributed by atoms with van der Waals surface area (Å²) >= 11 is 0. The van der Waals surface area contributed by atoms with E-state index in [1.165, 1.54) is 10.8 Å². The summed E-state index contributed by atoms with van der Waals surface area (Å²) in [6.07, 6.45) is 11.6. The summed E-state index contributed by atoms with van der Waals surface area (Å²) in [7, 11) is 0. The van der Waals surface area contributed by atoms with Crippen LogP contribution in [0.1, 0.15) is 57.3 Å². The van der Waals surface area contributed by atoms with Crippen LogP contribution in [0.25, 0.3) is 22.0 Å². The largest absolute Gasteiger partial charge is 0.345 e. The molecule has 0 aliphatic rings. The molecule has 176 valence electrons. The first-order valence-corrected chi connectivity index (χ1v) is 11.9. The number of carbonyl (C=O) groups excluding carboxylic acids is 2. The number of nitrogens with one attached hydrogen (secondary N) is 2. The van der Waals surface area contributed by atoms with Crippen LogP contribution in [-0.2, 0) is 16.1 Å². The van der Waals surface area contributed by atoms with E-state index >= 15 is 0 Å². The molecular formula is C27H31N5O2. The van der Waals surface area contributed by atoms with E-state index in [0.29, 0.717) is 18.6 Å². The van der Waals surface area contributed by atoms with Crippen molar-refractivity contribution in [1.82, 2.24) is 24.8 Å². The molecule has 0 aliphatic carbocycles. The topological polar surface area (TPSA) is 92.7 Å². The molecule has 4 rings (SSSR count). The molecule has 7 nitrogen and oxygen atoms in total. The van der Waals surface area contributed by atoms with Crippen LogP contribution in [0, 0.1) is 0 Å². The second-order valence-electron chi connectivity index (χ2n) is 8.59. The maximum Gasteiger partial charge on any atom is 0.240 e. The smallest absolute Gasteiger partial charge is 0.240 e. The number of aromatic amines is 1. The van der Waals surface area contributed by atoms with Gasteiger partial charge in [-0.15, -0.1) is 0 Å². The third-order valence-corrected chi connectivity index (χ3v) is 6.05. The molecular weight excluding hydrogens is 426 g/mol. The number of unbranched alkanes of at least 4 members (excludes halogenated alkanes) is 2. The summed E-state index contributed by atoms with van der Waals surface area (Å²) in [5.41, 5.74) is 1.97. The lowest BCUT2D eigenvalue weighted by molar-refractivity contribution is -0.122. The summed E-state index contributed by atoms with van der Waals surface area (Å²) in [5.74, 6) is 0.954. The molecule has 2 aromatic carbocycles. The van der Waals surface area contributed by atoms with E-state index < -0.39 is 0 Å². The van der Waals surface area contributed by atoms with E-state index in [4.69, 9.17) is 0 Å². The molecule has 34 heavy (non-hydrogen) atoms. The van der Waals surface area contributed by atoms with E-state index in [9.17, 15) is 9.59 Å². The third-order valence-electron chi connectivity index (χ3n) is 6.05. The van der Waals surface area contributed by atoms with Gasteiger partial charge < -0.3 is 14.9 Å². The first-order valence-electron chi connectivity index (χ1n) is 11.9. The lowest BCUT2D eigenvalue weighted by Crippen LogP contribution is -2.32. The SMILES string of the molecule is CCC(=O)CCCCC[C@H](NC(=O)Cn1ccnc1)c1ncc(-c2ccc3ccccc3c2)[nH]1. The van der Waals surface area contributed by atoms with Crippen molar-refractivity contribution in [1.29, 1.82) is 0 Å². The second-order valence-corrected chi connectivity index (χ2v) is 8.59. The number of H-pyrrole nitrogens is 1. The van der Waals surface area contributed by atoms with Crippen molar-refractivity contribution in [2.45, 2.75) is 58.0 Å². The molecule has 0 saturated carbocycles. The molecule has 2 N–H and O–H groups in total. The molecule has 0 aliphatic heterocycles. The van der Waals surface area contributed by atoms with E-state index in [2.05, 4.69) is 50.6 Å². The summed E-state index contributed by atoms with van der Waals surface area (Å²) in [6, 6.07) is 14.4. The summed E-state index contributed by atoms with van der Waals surface area (Å²) < 4.78 is 1.74. The standard InChI is InChI=1S/C27H31N5O2/c1-2-23(33)10-4-3-5-11-24(30-26(34)18-32-15-14-28-19-32)27-29-17-25(31-27)22-13-12-20-8-6-7-9-21(20)16-22/h6-9,12-17,19,24H,2-5,10-11,18H2,1H3,(H,29,31)(H,30,34)/t24-/m0/s1. The molecule has 2 heterocycles. The highest BCUT2D eigenvalue weighted by Crippen LogP contribution is 2.26. The molecule has 4 aromatic rings. The molecule has 2 aromatic heterocycles. The lowest BCUT2D eigenvalue weighted by atomic mass is 10.0. The Morgan fingerprint density at radius 2 is 1.94 bits per heavy atom. The van der Waals surface area contributed by atoms with Crippen LogP contribution in [0.4, 0.5) is 0 Å². The molecule has 0 bridgehead atoms. The number of carbonyl (C=O) groups is 2. The summed E-state index contributed by atoms with van der Waals surface area (Å²) in [4.78, 5) is 36.3. The Morgan fingerprint density at radius 3 is 2.74 bits per heavy atom. The number of rotatable bonds is 12. The van der Waals surface area contributed by atoms with Crippen LogP contribution in [0.3, 0.4) is 0 Å². The van der Waals surface area contributed by atoms with Crippen molar-refractivity contribution in [2.24, 2.45) is 0 Å². The average Bonchev–Trinajstić information content (AvgIpc) is 3.55. The van der Waals surface area contributed by atoms with Crippen LogP contribution in [0.15, 0.2) is 67.4 Å². The highest BCUT2D eigenvalue weighted by molar-refractivity contribution is 5.86. The van der Waals surface area contributed by atoms with Gasteiger partial charge in [-0.25, -0.2) is 9.97 Å². The fraction of sp³-hybridized carbons (Fsp3) is 0.333. The minimum Gasteiger partial charge on any atom is -0.345 e. The third kappa shape index (κ3) is 6.19. The molecule has 0 fully saturated rings. The number of imidazole rings is 2. The van der Waals surface area contributed by atoms with E-state index in [0.717, 1.165) is 42.8 Å². The molecule has 0 unspecified atom stereocenters. The van der Waals surface area contributed by atoms with Gasteiger partial charge in [0.2, 0.25) is 5.91 Å². The molecule has 1 atom stereocenters. The van der Waals surface area contributed by atoms with Crippen molar-refractivity contribution in [3.8, 4) is 11.3 Å². The number of hydrogen-bond acceptors (Lipinski definition) is 4. The number of Topliss-reactive ketones (excluding diaryl/α,β-unsaturated/α-hetero) is 1. The zero-order valence-electron chi connectivity index (χ0n) is 19.5. The minimum absolute atomic E-state index is 0.0900. The Morgan fingerprint density at radius 1 is 1.09 bits per heavy atom. The summed E-state index contributed by atoms with van der Waals surface area (Å²) in [6.45, 7) is 2.11. The molecule has 1 amide bonds. The van der Waals surface area contributed by atoms with Gasteiger partial charge in [0.15, 0.2) is 0 Å². The fourth-order valence-corrected chi connectivity index (χ4v) is 4.10. The van der Waals surface area contributed by atoms with Crippen LogP contribution >= 0.6 is 0 Å². The Labute approximate surface area is 199 Å². The number of ketones is 1. The van der Waals surface area contributed by atoms with Crippen LogP contribution in [-0.4, -0.2) is 31.2 Å². The highest BCUT2D eigenvalue weighted by atomic mass is 16.2. The van der Waals surface area contributed by atoms with Crippen molar-refractivity contribution >= 4 is 22.5 Å². The number of hydrogen-bond donors (Lipinski definition) is 2. The molecule has 7 heteroatoms. The molecule has 0 saturated heterocycles. The molecule has 0 radical (unpaired) electrons. The fourth-order valence-electron chi connectivity index (χ4n) is 4.10. The number of benzene rings is 2. The second kappa shape index (κ2) is 11.4. The maximum atomic E-state index is 12.7. The van der Waals surface area contributed by atoms with E-state index in [1.54, 1.807) is 23.3 Å². The van der Waals surface area contributed by atoms with Crippen molar-refractivity contribution in [3.05, 3.63) is 73.2 Å². The zero-order valence-corrected chi connectivity index (χ0v) is 19.5. The monoisotopic (exact) mass is 457 g/mol. The van der Waals surface area contributed by atoms with Gasteiger partial charge in [0.1, 0.15) is 18.2 Å². The van der Waals surface area contributed by atoms with Gasteiger partial charge in [-0.3, -0.25) is 9.59 Å². The van der Waals surface area contributed by atoms with Gasteiger partial charge in [0, 0.05) is 30.8 Å². The van der Waals surface area contributed by atoms with Crippen molar-refractivity contribution in [2.75, 3.05) is 0 Å². The minimum atomic E-state index is -0.230. The predicted molar refractivity (Wildman–Crippen MR) is 133 cm³/mol. The number of fused-ring (bicyclic) bond motifs is 1. The number of nitrogens with zero attached hydrogens (tertiary/aromatic N) is 3. The Bertz CT molecular complexity index is 1230. The lowest BCUT2D eigenvalue weighted by Gasteiger charge is -2.17. The first-order chi connectivity index (χ1) is 16.6. The molecule has 0 spiro atoms. The Kier molecular flexibility index (Phi) is 7.86. The van der Waals surface area contributed by atoms with Gasteiger partial charge in [0.05, 0.1) is 24.3 Å². The van der Waals surface area contributed by atoms with Crippen LogP contribution in [0.2, 0.25) is 0 Å². The van der Waals surface area contributed by atoms with E-state index in [1.807, 2.05) is 25.3 Å². The van der Waals surface area contributed by atoms with Gasteiger partial charge in [-0.2, -0.15) is 0 Å². The van der Waals surface area contributed by atoms with Crippen LogP contribution in [0.5, 0.6) is 0 Å².